The molecule has 128 valence electrons. The summed E-state index contributed by atoms with van der Waals surface area (Å²) in [5.41, 5.74) is 0.947. The quantitative estimate of drug-likeness (QED) is 0.765. The molecule has 0 aliphatic carbocycles. The van der Waals surface area contributed by atoms with Crippen molar-refractivity contribution < 1.29 is 18.6 Å². The number of aromatic nitrogens is 2. The van der Waals surface area contributed by atoms with Gasteiger partial charge in [-0.3, -0.25) is 9.59 Å². The highest BCUT2D eigenvalue weighted by atomic mass is 16.5. The molecule has 2 aromatic heterocycles. The number of nitrogens with one attached hydrogen (secondary N) is 1. The number of hydrogen-bond donors (Lipinski definition) is 1. The molecule has 0 aliphatic rings. The molecule has 1 N–H and O–H groups in total. The van der Waals surface area contributed by atoms with Crippen LogP contribution >= 0.6 is 0 Å². The normalized spacial score (nSPS) is 10.5. The van der Waals surface area contributed by atoms with Gasteiger partial charge in [0, 0.05) is 24.7 Å². The summed E-state index contributed by atoms with van der Waals surface area (Å²) >= 11 is 0. The number of rotatable bonds is 5. The minimum Gasteiger partial charge on any atom is -0.360 e. The Bertz CT molecular complexity index is 885. The summed E-state index contributed by atoms with van der Waals surface area (Å²) in [6.07, 6.45) is 0. The van der Waals surface area contributed by atoms with Crippen molar-refractivity contribution in [3.8, 4) is 11.3 Å². The number of carbonyl (C=O) groups is 2. The maximum atomic E-state index is 12.4. The van der Waals surface area contributed by atoms with E-state index in [1.54, 1.807) is 19.1 Å². The molecule has 3 rings (SSSR count). The van der Waals surface area contributed by atoms with E-state index < -0.39 is 11.8 Å². The van der Waals surface area contributed by atoms with Gasteiger partial charge in [0.15, 0.2) is 17.3 Å². The molecular weight excluding hydrogens is 324 g/mol. The third kappa shape index (κ3) is 3.92. The topological polar surface area (TPSA) is 101 Å². The van der Waals surface area contributed by atoms with Gasteiger partial charge in [-0.15, -0.1) is 0 Å². The zero-order valence-corrected chi connectivity index (χ0v) is 13.7. The van der Waals surface area contributed by atoms with Gasteiger partial charge in [0.25, 0.3) is 5.91 Å². The second-order valence-electron chi connectivity index (χ2n) is 5.47. The van der Waals surface area contributed by atoms with E-state index in [-0.39, 0.29) is 12.2 Å². The van der Waals surface area contributed by atoms with Crippen LogP contribution in [0.3, 0.4) is 0 Å². The second kappa shape index (κ2) is 7.00. The van der Waals surface area contributed by atoms with Gasteiger partial charge in [-0.2, -0.15) is 0 Å². The number of aryl methyl sites for hydroxylation is 1. The van der Waals surface area contributed by atoms with Gasteiger partial charge < -0.3 is 19.3 Å². The highest BCUT2D eigenvalue weighted by Crippen LogP contribution is 2.20. The summed E-state index contributed by atoms with van der Waals surface area (Å²) in [4.78, 5) is 25.6. The van der Waals surface area contributed by atoms with Crippen LogP contribution in [-0.2, 0) is 4.79 Å². The molecule has 0 aliphatic heterocycles. The molecule has 0 saturated carbocycles. The Kier molecular flexibility index (Phi) is 4.60. The van der Waals surface area contributed by atoms with Gasteiger partial charge in [-0.25, -0.2) is 0 Å². The Morgan fingerprint density at radius 2 is 1.88 bits per heavy atom. The lowest BCUT2D eigenvalue weighted by Gasteiger charge is -2.14. The van der Waals surface area contributed by atoms with E-state index >= 15 is 0 Å². The lowest BCUT2D eigenvalue weighted by molar-refractivity contribution is -0.116. The Balaban J connectivity index is 1.62. The van der Waals surface area contributed by atoms with Crippen LogP contribution in [0.1, 0.15) is 16.2 Å². The Hall–Kier alpha value is -3.42. The van der Waals surface area contributed by atoms with Crippen LogP contribution in [0.2, 0.25) is 0 Å². The highest BCUT2D eigenvalue weighted by Gasteiger charge is 2.20. The number of amides is 2. The molecule has 0 unspecified atom stereocenters. The molecule has 0 atom stereocenters. The van der Waals surface area contributed by atoms with Crippen molar-refractivity contribution in [1.29, 1.82) is 0 Å². The van der Waals surface area contributed by atoms with Crippen LogP contribution < -0.4 is 5.32 Å². The first kappa shape index (κ1) is 16.4. The number of likely N-dealkylation sites (N-methyl/N-ethyl adjacent to an activating group) is 1. The Morgan fingerprint density at radius 3 is 2.56 bits per heavy atom. The lowest BCUT2D eigenvalue weighted by atomic mass is 10.1. The van der Waals surface area contributed by atoms with E-state index in [4.69, 9.17) is 9.05 Å². The molecule has 2 amide bonds. The summed E-state index contributed by atoms with van der Waals surface area (Å²) < 4.78 is 10.1. The first-order valence-corrected chi connectivity index (χ1v) is 7.53. The predicted octanol–water partition coefficient (Wildman–Crippen LogP) is 2.35. The zero-order valence-electron chi connectivity index (χ0n) is 13.7. The van der Waals surface area contributed by atoms with E-state index in [1.807, 2.05) is 30.3 Å². The largest absolute Gasteiger partial charge is 0.360 e. The van der Waals surface area contributed by atoms with Crippen molar-refractivity contribution in [3.05, 3.63) is 53.9 Å². The second-order valence-corrected chi connectivity index (χ2v) is 5.47. The summed E-state index contributed by atoms with van der Waals surface area (Å²) in [5, 5.41) is 10.00. The molecule has 1 aromatic carbocycles. The molecule has 0 spiro atoms. The maximum Gasteiger partial charge on any atom is 0.276 e. The van der Waals surface area contributed by atoms with Crippen LogP contribution in [0.25, 0.3) is 11.3 Å². The van der Waals surface area contributed by atoms with Gasteiger partial charge in [0.2, 0.25) is 5.91 Å². The summed E-state index contributed by atoms with van der Waals surface area (Å²) in [7, 11) is 1.51. The van der Waals surface area contributed by atoms with Gasteiger partial charge in [0.05, 0.1) is 6.54 Å². The van der Waals surface area contributed by atoms with Crippen molar-refractivity contribution in [2.75, 3.05) is 18.9 Å². The lowest BCUT2D eigenvalue weighted by Crippen LogP contribution is -2.35. The van der Waals surface area contributed by atoms with Crippen LogP contribution in [0, 0.1) is 6.92 Å². The first-order valence-electron chi connectivity index (χ1n) is 7.53. The van der Waals surface area contributed by atoms with E-state index in [0.717, 1.165) is 5.56 Å². The van der Waals surface area contributed by atoms with Crippen LogP contribution in [-0.4, -0.2) is 40.6 Å². The SMILES string of the molecule is Cc1cc(NC(=O)CN(C)C(=O)c2cc(-c3ccccc3)on2)no1. The van der Waals surface area contributed by atoms with Crippen molar-refractivity contribution in [1.82, 2.24) is 15.2 Å². The van der Waals surface area contributed by atoms with Crippen LogP contribution in [0.4, 0.5) is 5.82 Å². The number of nitrogens with zero attached hydrogens (tertiary/aromatic N) is 3. The standard InChI is InChI=1S/C17H16N4O4/c1-11-8-15(20-24-11)18-16(22)10-21(2)17(23)13-9-14(25-19-13)12-6-4-3-5-7-12/h3-9H,10H2,1-2H3,(H,18,20,22). The highest BCUT2D eigenvalue weighted by molar-refractivity contribution is 5.98. The van der Waals surface area contributed by atoms with Gasteiger partial charge in [-0.05, 0) is 6.92 Å². The molecule has 8 heteroatoms. The average molecular weight is 340 g/mol. The number of carbonyl (C=O) groups excluding carboxylic acids is 2. The molecule has 25 heavy (non-hydrogen) atoms. The molecule has 0 saturated heterocycles. The summed E-state index contributed by atoms with van der Waals surface area (Å²) in [6.45, 7) is 1.56. The first-order chi connectivity index (χ1) is 12.0. The Labute approximate surface area is 143 Å². The van der Waals surface area contributed by atoms with E-state index in [9.17, 15) is 9.59 Å². The minimum atomic E-state index is -0.419. The fourth-order valence-electron chi connectivity index (χ4n) is 2.20. The smallest absolute Gasteiger partial charge is 0.276 e. The van der Waals surface area contributed by atoms with E-state index in [0.29, 0.717) is 17.3 Å². The monoisotopic (exact) mass is 340 g/mol. The molecule has 0 fully saturated rings. The molecular formula is C17H16N4O4. The average Bonchev–Trinajstić information content (AvgIpc) is 3.24. The molecule has 2 heterocycles. The van der Waals surface area contributed by atoms with Crippen molar-refractivity contribution in [2.45, 2.75) is 6.92 Å². The number of hydrogen-bond acceptors (Lipinski definition) is 6. The molecule has 3 aromatic rings. The molecule has 0 bridgehead atoms. The molecule has 0 radical (unpaired) electrons. The van der Waals surface area contributed by atoms with Crippen molar-refractivity contribution >= 4 is 17.6 Å². The maximum absolute atomic E-state index is 12.4. The van der Waals surface area contributed by atoms with Gasteiger partial charge in [0.1, 0.15) is 5.76 Å². The fourth-order valence-corrected chi connectivity index (χ4v) is 2.20. The van der Waals surface area contributed by atoms with Gasteiger partial charge in [-0.1, -0.05) is 40.6 Å². The Morgan fingerprint density at radius 1 is 1.12 bits per heavy atom. The molecule has 8 nitrogen and oxygen atoms in total. The van der Waals surface area contributed by atoms with E-state index in [2.05, 4.69) is 15.6 Å². The summed E-state index contributed by atoms with van der Waals surface area (Å²) in [5.74, 6) is 0.556. The van der Waals surface area contributed by atoms with Gasteiger partial charge >= 0.3 is 0 Å². The van der Waals surface area contributed by atoms with E-state index in [1.165, 1.54) is 11.9 Å². The zero-order chi connectivity index (χ0) is 17.8. The summed E-state index contributed by atoms with van der Waals surface area (Å²) in [6, 6.07) is 12.5. The van der Waals surface area contributed by atoms with Crippen LogP contribution in [0.5, 0.6) is 0 Å². The predicted molar refractivity (Wildman–Crippen MR) is 88.8 cm³/mol. The third-order valence-electron chi connectivity index (χ3n) is 3.41. The number of anilines is 1. The van der Waals surface area contributed by atoms with Crippen molar-refractivity contribution in [2.24, 2.45) is 0 Å². The fraction of sp³-hybridized carbons (Fsp3) is 0.176. The third-order valence-corrected chi connectivity index (χ3v) is 3.41. The number of benzene rings is 1. The van der Waals surface area contributed by atoms with Crippen molar-refractivity contribution in [3.63, 3.8) is 0 Å². The van der Waals surface area contributed by atoms with Crippen LogP contribution in [0.15, 0.2) is 51.5 Å². The minimum absolute atomic E-state index is 0.131.